The van der Waals surface area contributed by atoms with Crippen LogP contribution < -0.4 is 4.72 Å². The number of aryl methyl sites for hydroxylation is 1. The number of carbonyl (C=O) groups is 3. The summed E-state index contributed by atoms with van der Waals surface area (Å²) in [5.41, 5.74) is 1.81. The molecule has 7 nitrogen and oxygen atoms in total. The van der Waals surface area contributed by atoms with E-state index in [-0.39, 0.29) is 46.6 Å². The number of benzene rings is 2. The first-order valence-electron chi connectivity index (χ1n) is 10.8. The molecule has 1 aliphatic carbocycles. The monoisotopic (exact) mass is 454 g/mol. The molecule has 0 aromatic heterocycles. The van der Waals surface area contributed by atoms with Gasteiger partial charge in [0.25, 0.3) is 10.0 Å². The average Bonchev–Trinajstić information content (AvgIpc) is 3.00. The van der Waals surface area contributed by atoms with E-state index < -0.39 is 10.0 Å². The van der Waals surface area contributed by atoms with Gasteiger partial charge in [-0.15, -0.1) is 0 Å². The number of nitrogens with zero attached hydrogens (tertiary/aromatic N) is 1. The second-order valence-electron chi connectivity index (χ2n) is 8.60. The molecule has 4 rings (SSSR count). The van der Waals surface area contributed by atoms with E-state index in [1.807, 2.05) is 0 Å². The largest absolute Gasteiger partial charge is 0.295 e. The van der Waals surface area contributed by atoms with Crippen molar-refractivity contribution >= 4 is 33.3 Å². The van der Waals surface area contributed by atoms with Crippen molar-refractivity contribution in [1.29, 1.82) is 0 Å². The number of sulfonamides is 1. The predicted molar refractivity (Wildman–Crippen MR) is 119 cm³/mol. The Labute approximate surface area is 187 Å². The normalized spacial score (nSPS) is 20.9. The Hall–Kier alpha value is -3.00. The minimum absolute atomic E-state index is 0.0628. The van der Waals surface area contributed by atoms with Crippen LogP contribution in [0.25, 0.3) is 0 Å². The zero-order valence-electron chi connectivity index (χ0n) is 18.1. The summed E-state index contributed by atoms with van der Waals surface area (Å²) in [5, 5.41) is 0. The van der Waals surface area contributed by atoms with Gasteiger partial charge in [0.15, 0.2) is 5.78 Å². The van der Waals surface area contributed by atoms with Crippen molar-refractivity contribution in [2.24, 2.45) is 11.8 Å². The van der Waals surface area contributed by atoms with Crippen molar-refractivity contribution in [3.05, 3.63) is 59.2 Å². The zero-order valence-corrected chi connectivity index (χ0v) is 18.9. The Morgan fingerprint density at radius 3 is 2.31 bits per heavy atom. The van der Waals surface area contributed by atoms with Crippen LogP contribution in [0.15, 0.2) is 47.4 Å². The molecule has 8 heteroatoms. The first-order valence-corrected chi connectivity index (χ1v) is 12.2. The van der Waals surface area contributed by atoms with Crippen LogP contribution in [0, 0.1) is 18.8 Å². The molecule has 1 heterocycles. The van der Waals surface area contributed by atoms with Crippen LogP contribution in [-0.2, 0) is 26.2 Å². The standard InChI is InChI=1S/C24H26N2O5S/c1-15-10-11-17(14-26-23(28)20-8-3-4-9-21(20)24(26)29)12-22(15)32(30,31)25-19-7-5-6-18(13-19)16(2)27/h5-7,10-13,20-21,25H,3-4,8-9,14H2,1-2H3/t20-,21+. The fourth-order valence-corrected chi connectivity index (χ4v) is 5.96. The second-order valence-corrected chi connectivity index (χ2v) is 10.3. The molecule has 1 N–H and O–H groups in total. The highest BCUT2D eigenvalue weighted by molar-refractivity contribution is 7.92. The van der Waals surface area contributed by atoms with Gasteiger partial charge in [0, 0.05) is 11.3 Å². The summed E-state index contributed by atoms with van der Waals surface area (Å²) in [6.45, 7) is 3.16. The third-order valence-corrected chi connectivity index (χ3v) is 7.86. The Morgan fingerprint density at radius 2 is 1.69 bits per heavy atom. The van der Waals surface area contributed by atoms with Crippen molar-refractivity contribution in [2.45, 2.75) is 51.0 Å². The lowest BCUT2D eigenvalue weighted by atomic mass is 9.81. The van der Waals surface area contributed by atoms with Crippen molar-refractivity contribution < 1.29 is 22.8 Å². The first-order chi connectivity index (χ1) is 15.2. The molecule has 0 bridgehead atoms. The summed E-state index contributed by atoms with van der Waals surface area (Å²) >= 11 is 0. The number of carbonyl (C=O) groups excluding carboxylic acids is 3. The lowest BCUT2D eigenvalue weighted by molar-refractivity contribution is -0.140. The smallest absolute Gasteiger partial charge is 0.262 e. The van der Waals surface area contributed by atoms with E-state index in [4.69, 9.17) is 0 Å². The SMILES string of the molecule is CC(=O)c1cccc(NS(=O)(=O)c2cc(CN3C(=O)[C@H]4CCCC[C@H]4C3=O)ccc2C)c1. The Kier molecular flexibility index (Phi) is 5.90. The van der Waals surface area contributed by atoms with Crippen LogP contribution in [0.3, 0.4) is 0 Å². The number of fused-ring (bicyclic) bond motifs is 1. The van der Waals surface area contributed by atoms with E-state index in [1.54, 1.807) is 37.3 Å². The average molecular weight is 455 g/mol. The van der Waals surface area contributed by atoms with Crippen molar-refractivity contribution in [1.82, 2.24) is 4.90 Å². The highest BCUT2D eigenvalue weighted by atomic mass is 32.2. The summed E-state index contributed by atoms with van der Waals surface area (Å²) in [4.78, 5) is 38.5. The Bertz CT molecular complexity index is 1180. The molecule has 2 atom stereocenters. The molecular formula is C24H26N2O5S. The van der Waals surface area contributed by atoms with Crippen LogP contribution in [0.2, 0.25) is 0 Å². The zero-order chi connectivity index (χ0) is 23.0. The molecule has 32 heavy (non-hydrogen) atoms. The van der Waals surface area contributed by atoms with E-state index >= 15 is 0 Å². The minimum Gasteiger partial charge on any atom is -0.295 e. The number of likely N-dealkylation sites (tertiary alicyclic amines) is 1. The molecule has 2 aromatic carbocycles. The topological polar surface area (TPSA) is 101 Å². The summed E-state index contributed by atoms with van der Waals surface area (Å²) < 4.78 is 28.7. The summed E-state index contributed by atoms with van der Waals surface area (Å²) in [6, 6.07) is 11.2. The quantitative estimate of drug-likeness (QED) is 0.530. The lowest BCUT2D eigenvalue weighted by Crippen LogP contribution is -2.30. The van der Waals surface area contributed by atoms with Gasteiger partial charge in [-0.3, -0.25) is 24.0 Å². The highest BCUT2D eigenvalue weighted by Crippen LogP contribution is 2.38. The maximum atomic E-state index is 13.1. The van der Waals surface area contributed by atoms with E-state index in [0.29, 0.717) is 16.7 Å². The molecule has 0 spiro atoms. The minimum atomic E-state index is -3.94. The van der Waals surface area contributed by atoms with Gasteiger partial charge in [0.1, 0.15) is 0 Å². The Balaban J connectivity index is 1.59. The predicted octanol–water partition coefficient (Wildman–Crippen LogP) is 3.67. The van der Waals surface area contributed by atoms with Gasteiger partial charge in [-0.1, -0.05) is 37.1 Å². The molecular weight excluding hydrogens is 428 g/mol. The van der Waals surface area contributed by atoms with Crippen LogP contribution in [0.4, 0.5) is 5.69 Å². The summed E-state index contributed by atoms with van der Waals surface area (Å²) in [5.74, 6) is -0.933. The van der Waals surface area contributed by atoms with Gasteiger partial charge >= 0.3 is 0 Å². The second kappa shape index (κ2) is 8.50. The molecule has 0 unspecified atom stereocenters. The number of rotatable bonds is 6. The molecule has 2 fully saturated rings. The maximum absolute atomic E-state index is 13.1. The molecule has 1 saturated heterocycles. The van der Waals surface area contributed by atoms with Gasteiger partial charge in [-0.2, -0.15) is 0 Å². The van der Waals surface area contributed by atoms with Crippen molar-refractivity contribution in [3.8, 4) is 0 Å². The first kappa shape index (κ1) is 22.2. The van der Waals surface area contributed by atoms with E-state index in [2.05, 4.69) is 4.72 Å². The van der Waals surface area contributed by atoms with Gasteiger partial charge in [0.2, 0.25) is 11.8 Å². The third-order valence-electron chi connectivity index (χ3n) is 6.34. The fourth-order valence-electron chi connectivity index (χ4n) is 4.61. The summed E-state index contributed by atoms with van der Waals surface area (Å²) in [7, 11) is -3.94. The van der Waals surface area contributed by atoms with Crippen LogP contribution >= 0.6 is 0 Å². The molecule has 2 aliphatic rings. The van der Waals surface area contributed by atoms with Gasteiger partial charge in [-0.25, -0.2) is 8.42 Å². The Morgan fingerprint density at radius 1 is 1.03 bits per heavy atom. The van der Waals surface area contributed by atoms with E-state index in [0.717, 1.165) is 25.7 Å². The number of hydrogen-bond acceptors (Lipinski definition) is 5. The highest BCUT2D eigenvalue weighted by Gasteiger charge is 2.47. The van der Waals surface area contributed by atoms with Crippen LogP contribution in [-0.4, -0.2) is 30.9 Å². The summed E-state index contributed by atoms with van der Waals surface area (Å²) in [6.07, 6.45) is 3.39. The lowest BCUT2D eigenvalue weighted by Gasteiger charge is -2.19. The number of ketones is 1. The number of anilines is 1. The molecule has 168 valence electrons. The van der Waals surface area contributed by atoms with Crippen LogP contribution in [0.5, 0.6) is 0 Å². The maximum Gasteiger partial charge on any atom is 0.262 e. The fraction of sp³-hybridized carbons (Fsp3) is 0.375. The number of hydrogen-bond donors (Lipinski definition) is 1. The molecule has 2 aromatic rings. The van der Waals surface area contributed by atoms with E-state index in [1.165, 1.54) is 24.0 Å². The van der Waals surface area contributed by atoms with Gasteiger partial charge < -0.3 is 0 Å². The molecule has 0 radical (unpaired) electrons. The van der Waals surface area contributed by atoms with E-state index in [9.17, 15) is 22.8 Å². The van der Waals surface area contributed by atoms with Gasteiger partial charge in [0.05, 0.1) is 23.3 Å². The van der Waals surface area contributed by atoms with Gasteiger partial charge in [-0.05, 0) is 56.0 Å². The van der Waals surface area contributed by atoms with Crippen molar-refractivity contribution in [3.63, 3.8) is 0 Å². The molecule has 1 aliphatic heterocycles. The third kappa shape index (κ3) is 4.19. The molecule has 1 saturated carbocycles. The number of Topliss-reactive ketones (excluding diaryl/α,β-unsaturated/α-hetero) is 1. The number of amides is 2. The van der Waals surface area contributed by atoms with Crippen molar-refractivity contribution in [2.75, 3.05) is 4.72 Å². The molecule has 2 amide bonds. The number of imide groups is 1. The number of nitrogens with one attached hydrogen (secondary N) is 1. The van der Waals surface area contributed by atoms with Crippen LogP contribution in [0.1, 0.15) is 54.1 Å².